The predicted octanol–water partition coefficient (Wildman–Crippen LogP) is 2.34. The van der Waals surface area contributed by atoms with Crippen LogP contribution < -0.4 is 4.90 Å². The van der Waals surface area contributed by atoms with Crippen LogP contribution in [0.2, 0.25) is 0 Å². The monoisotopic (exact) mass is 339 g/mol. The van der Waals surface area contributed by atoms with Gasteiger partial charge >= 0.3 is 0 Å². The molecule has 132 valence electrons. The molecule has 0 saturated carbocycles. The SMILES string of the molecule is CC(C)c1ccc(C[NH+]2CCN(C(=O)/C=C/c3ccco3)CC2)cc1. The van der Waals surface area contributed by atoms with Crippen LogP contribution in [0.5, 0.6) is 0 Å². The Hall–Kier alpha value is -2.33. The van der Waals surface area contributed by atoms with Crippen molar-refractivity contribution in [2.75, 3.05) is 26.2 Å². The summed E-state index contributed by atoms with van der Waals surface area (Å²) in [7, 11) is 0. The van der Waals surface area contributed by atoms with Gasteiger partial charge in [-0.05, 0) is 29.7 Å². The van der Waals surface area contributed by atoms with Crippen LogP contribution in [0.4, 0.5) is 0 Å². The fraction of sp³-hybridized carbons (Fsp3) is 0.381. The maximum atomic E-state index is 12.2. The van der Waals surface area contributed by atoms with Gasteiger partial charge in [-0.2, -0.15) is 0 Å². The molecule has 4 nitrogen and oxygen atoms in total. The largest absolute Gasteiger partial charge is 0.465 e. The zero-order chi connectivity index (χ0) is 17.6. The van der Waals surface area contributed by atoms with Crippen LogP contribution in [0, 0.1) is 0 Å². The van der Waals surface area contributed by atoms with Crippen LogP contribution in [-0.2, 0) is 11.3 Å². The fourth-order valence-electron chi connectivity index (χ4n) is 3.17. The molecule has 1 aliphatic heterocycles. The Morgan fingerprint density at radius 2 is 1.92 bits per heavy atom. The minimum atomic E-state index is 0.0664. The molecule has 25 heavy (non-hydrogen) atoms. The fourth-order valence-corrected chi connectivity index (χ4v) is 3.17. The van der Waals surface area contributed by atoms with E-state index in [1.54, 1.807) is 18.4 Å². The number of hydrogen-bond acceptors (Lipinski definition) is 2. The Bertz CT molecular complexity index is 694. The summed E-state index contributed by atoms with van der Waals surface area (Å²) in [5, 5.41) is 0. The third kappa shape index (κ3) is 4.83. The summed E-state index contributed by atoms with van der Waals surface area (Å²) < 4.78 is 5.22. The first-order chi connectivity index (χ1) is 12.1. The van der Waals surface area contributed by atoms with Crippen LogP contribution in [-0.4, -0.2) is 37.0 Å². The molecule has 1 aliphatic rings. The first kappa shape index (κ1) is 17.5. The number of hydrogen-bond donors (Lipinski definition) is 1. The number of furan rings is 1. The highest BCUT2D eigenvalue weighted by molar-refractivity contribution is 5.91. The summed E-state index contributed by atoms with van der Waals surface area (Å²) in [5.74, 6) is 1.35. The molecule has 1 saturated heterocycles. The zero-order valence-electron chi connectivity index (χ0n) is 15.1. The molecule has 0 unspecified atom stereocenters. The van der Waals surface area contributed by atoms with E-state index >= 15 is 0 Å². The Morgan fingerprint density at radius 3 is 2.52 bits per heavy atom. The number of benzene rings is 1. The summed E-state index contributed by atoms with van der Waals surface area (Å²) in [4.78, 5) is 15.7. The van der Waals surface area contributed by atoms with Gasteiger partial charge in [-0.25, -0.2) is 0 Å². The molecule has 2 heterocycles. The van der Waals surface area contributed by atoms with Gasteiger partial charge in [0.15, 0.2) is 0 Å². The molecule has 1 amide bonds. The summed E-state index contributed by atoms with van der Waals surface area (Å²) in [5.41, 5.74) is 2.76. The van der Waals surface area contributed by atoms with E-state index in [0.29, 0.717) is 11.7 Å². The van der Waals surface area contributed by atoms with Gasteiger partial charge in [-0.3, -0.25) is 4.79 Å². The normalized spacial score (nSPS) is 16.0. The van der Waals surface area contributed by atoms with Crippen molar-refractivity contribution in [1.29, 1.82) is 0 Å². The molecule has 0 aliphatic carbocycles. The highest BCUT2D eigenvalue weighted by Gasteiger charge is 2.22. The summed E-state index contributed by atoms with van der Waals surface area (Å²) in [6, 6.07) is 12.6. The van der Waals surface area contributed by atoms with Gasteiger partial charge in [0.2, 0.25) is 5.91 Å². The smallest absolute Gasteiger partial charge is 0.247 e. The van der Waals surface area contributed by atoms with Crippen LogP contribution >= 0.6 is 0 Å². The summed E-state index contributed by atoms with van der Waals surface area (Å²) in [6.07, 6.45) is 4.95. The molecule has 0 atom stereocenters. The van der Waals surface area contributed by atoms with Gasteiger partial charge in [0.05, 0.1) is 32.4 Å². The Labute approximate surface area is 149 Å². The number of carbonyl (C=O) groups excluding carboxylic acids is 1. The van der Waals surface area contributed by atoms with Crippen molar-refractivity contribution in [1.82, 2.24) is 4.90 Å². The summed E-state index contributed by atoms with van der Waals surface area (Å²) in [6.45, 7) is 9.07. The first-order valence-electron chi connectivity index (χ1n) is 9.04. The Kier molecular flexibility index (Phi) is 5.71. The van der Waals surface area contributed by atoms with E-state index < -0.39 is 0 Å². The maximum absolute atomic E-state index is 12.2. The highest BCUT2D eigenvalue weighted by atomic mass is 16.3. The number of quaternary nitrogens is 1. The molecule has 2 aromatic rings. The van der Waals surface area contributed by atoms with Gasteiger partial charge in [0, 0.05) is 11.6 Å². The van der Waals surface area contributed by atoms with Crippen molar-refractivity contribution in [2.24, 2.45) is 0 Å². The van der Waals surface area contributed by atoms with Gasteiger partial charge in [0.1, 0.15) is 12.3 Å². The van der Waals surface area contributed by atoms with Gasteiger partial charge in [-0.1, -0.05) is 38.1 Å². The van der Waals surface area contributed by atoms with Crippen LogP contribution in [0.15, 0.2) is 53.2 Å². The lowest BCUT2D eigenvalue weighted by atomic mass is 10.0. The number of piperazine rings is 1. The molecule has 1 aromatic carbocycles. The van der Waals surface area contributed by atoms with E-state index in [4.69, 9.17) is 4.42 Å². The molecular weight excluding hydrogens is 312 g/mol. The molecule has 4 heteroatoms. The second kappa shape index (κ2) is 8.17. The molecule has 0 bridgehead atoms. The molecule has 3 rings (SSSR count). The average Bonchev–Trinajstić information content (AvgIpc) is 3.14. The number of amides is 1. The predicted molar refractivity (Wildman–Crippen MR) is 99.3 cm³/mol. The topological polar surface area (TPSA) is 37.9 Å². The van der Waals surface area contributed by atoms with Crippen molar-refractivity contribution in [3.05, 3.63) is 65.6 Å². The number of rotatable bonds is 5. The Balaban J connectivity index is 1.47. The third-order valence-corrected chi connectivity index (χ3v) is 4.82. The molecule has 0 radical (unpaired) electrons. The third-order valence-electron chi connectivity index (χ3n) is 4.82. The number of nitrogens with zero attached hydrogens (tertiary/aromatic N) is 1. The van der Waals surface area contributed by atoms with Gasteiger partial charge in [-0.15, -0.1) is 0 Å². The zero-order valence-corrected chi connectivity index (χ0v) is 15.1. The molecule has 1 aromatic heterocycles. The molecule has 0 spiro atoms. The minimum absolute atomic E-state index is 0.0664. The number of carbonyl (C=O) groups is 1. The lowest BCUT2D eigenvalue weighted by Gasteiger charge is -2.31. The lowest BCUT2D eigenvalue weighted by molar-refractivity contribution is -0.917. The van der Waals surface area contributed by atoms with E-state index in [0.717, 1.165) is 32.7 Å². The average molecular weight is 339 g/mol. The second-order valence-electron chi connectivity index (χ2n) is 7.00. The van der Waals surface area contributed by atoms with Crippen molar-refractivity contribution in [3.8, 4) is 0 Å². The Morgan fingerprint density at radius 1 is 1.20 bits per heavy atom. The van der Waals surface area contributed by atoms with Gasteiger partial charge in [0.25, 0.3) is 0 Å². The molecular formula is C21H27N2O2+. The van der Waals surface area contributed by atoms with Gasteiger partial charge < -0.3 is 14.2 Å². The molecule has 1 fully saturated rings. The van der Waals surface area contributed by atoms with E-state index in [2.05, 4.69) is 38.1 Å². The second-order valence-corrected chi connectivity index (χ2v) is 7.00. The lowest BCUT2D eigenvalue weighted by Crippen LogP contribution is -3.13. The van der Waals surface area contributed by atoms with E-state index in [9.17, 15) is 4.79 Å². The standard InChI is InChI=1S/C21H26N2O2/c1-17(2)19-7-5-18(6-8-19)16-22-11-13-23(14-12-22)21(24)10-9-20-4-3-15-25-20/h3-10,15,17H,11-14,16H2,1-2H3/p+1/b10-9+. The van der Waals surface area contributed by atoms with Crippen molar-refractivity contribution in [3.63, 3.8) is 0 Å². The quantitative estimate of drug-likeness (QED) is 0.849. The highest BCUT2D eigenvalue weighted by Crippen LogP contribution is 2.14. The van der Waals surface area contributed by atoms with E-state index in [1.807, 2.05) is 17.0 Å². The van der Waals surface area contributed by atoms with Crippen molar-refractivity contribution >= 4 is 12.0 Å². The van der Waals surface area contributed by atoms with Crippen molar-refractivity contribution < 1.29 is 14.1 Å². The van der Waals surface area contributed by atoms with Crippen LogP contribution in [0.25, 0.3) is 6.08 Å². The van der Waals surface area contributed by atoms with E-state index in [1.165, 1.54) is 16.0 Å². The summed E-state index contributed by atoms with van der Waals surface area (Å²) >= 11 is 0. The first-order valence-corrected chi connectivity index (χ1v) is 9.04. The van der Waals surface area contributed by atoms with Crippen LogP contribution in [0.1, 0.15) is 36.7 Å². The number of nitrogens with one attached hydrogen (secondary N) is 1. The maximum Gasteiger partial charge on any atom is 0.247 e. The minimum Gasteiger partial charge on any atom is -0.465 e. The van der Waals surface area contributed by atoms with Crippen LogP contribution in [0.3, 0.4) is 0 Å². The molecule has 1 N–H and O–H groups in total. The van der Waals surface area contributed by atoms with E-state index in [-0.39, 0.29) is 5.91 Å². The van der Waals surface area contributed by atoms with Crippen molar-refractivity contribution in [2.45, 2.75) is 26.3 Å².